The van der Waals surface area contributed by atoms with Gasteiger partial charge in [-0.15, -0.1) is 0 Å². The van der Waals surface area contributed by atoms with Crippen LogP contribution in [0.5, 0.6) is 11.5 Å². The number of nitrogens with zero attached hydrogens (tertiary/aromatic N) is 2. The number of nitrogens with two attached hydrogens (primary N) is 1. The molecule has 1 heterocycles. The number of hydrogen-bond acceptors (Lipinski definition) is 6. The number of ether oxygens (including phenoxy) is 1. The Kier molecular flexibility index (Phi) is 11.3. The molecule has 2 saturated carbocycles. The normalized spacial score (nSPS) is 17.7. The molecule has 5 rings (SSSR count). The zero-order chi connectivity index (χ0) is 29.9. The van der Waals surface area contributed by atoms with E-state index in [2.05, 4.69) is 15.5 Å². The number of rotatable bonds is 13. The van der Waals surface area contributed by atoms with E-state index in [9.17, 15) is 9.59 Å². The van der Waals surface area contributed by atoms with Crippen LogP contribution in [0.25, 0.3) is 0 Å². The maximum atomic E-state index is 12.9. The molecule has 2 aliphatic carbocycles. The minimum absolute atomic E-state index is 0.0730. The average molecular weight is 588 g/mol. The van der Waals surface area contributed by atoms with E-state index >= 15 is 0 Å². The van der Waals surface area contributed by atoms with E-state index in [-0.39, 0.29) is 17.9 Å². The Bertz CT molecular complexity index is 1180. The minimum atomic E-state index is -0.0866. The molecule has 0 saturated heterocycles. The lowest BCUT2D eigenvalue weighted by molar-refractivity contribution is -0.121. The van der Waals surface area contributed by atoms with Crippen LogP contribution in [0.1, 0.15) is 95.5 Å². The Labute approximate surface area is 256 Å². The maximum absolute atomic E-state index is 12.9. The molecule has 2 aromatic rings. The van der Waals surface area contributed by atoms with E-state index in [1.54, 1.807) is 0 Å². The first-order valence-corrected chi connectivity index (χ1v) is 16.5. The minimum Gasteiger partial charge on any atom is -0.457 e. The predicted octanol–water partition coefficient (Wildman–Crippen LogP) is 6.56. The van der Waals surface area contributed by atoms with Gasteiger partial charge in [0.15, 0.2) is 5.96 Å². The predicted molar refractivity (Wildman–Crippen MR) is 171 cm³/mol. The molecule has 4 N–H and O–H groups in total. The van der Waals surface area contributed by atoms with Gasteiger partial charge in [0, 0.05) is 44.1 Å². The summed E-state index contributed by atoms with van der Waals surface area (Å²) in [5, 5.41) is 6.35. The highest BCUT2D eigenvalue weighted by molar-refractivity contribution is 5.84. The third-order valence-electron chi connectivity index (χ3n) is 9.38. The molecule has 232 valence electrons. The number of amides is 2. The fourth-order valence-corrected chi connectivity index (χ4v) is 6.78. The summed E-state index contributed by atoms with van der Waals surface area (Å²) in [7, 11) is 0. The number of carbonyl (C=O) groups excluding carboxylic acids is 2. The van der Waals surface area contributed by atoms with Crippen molar-refractivity contribution in [1.29, 1.82) is 0 Å². The van der Waals surface area contributed by atoms with Crippen molar-refractivity contribution >= 4 is 23.5 Å². The summed E-state index contributed by atoms with van der Waals surface area (Å²) in [6.45, 7) is 2.07. The van der Waals surface area contributed by atoms with Gasteiger partial charge in [0.1, 0.15) is 11.5 Å². The third-order valence-corrected chi connectivity index (χ3v) is 9.38. The molecule has 8 heteroatoms. The molecule has 3 aliphatic rings. The van der Waals surface area contributed by atoms with Crippen LogP contribution in [-0.2, 0) is 16.1 Å². The maximum Gasteiger partial charge on any atom is 0.220 e. The lowest BCUT2D eigenvalue weighted by atomic mass is 9.89. The SMILES string of the molecule is NC1=Nc2ccc(Oc3ccccc3)cc2CN1C(CCC(=O)NCC1CCCCC1)CCC(=O)NCC1CCCCC1. The second kappa shape index (κ2) is 15.8. The van der Waals surface area contributed by atoms with Gasteiger partial charge in [0.25, 0.3) is 0 Å². The number of guanidine groups is 1. The van der Waals surface area contributed by atoms with Gasteiger partial charge in [-0.3, -0.25) is 9.59 Å². The second-order valence-electron chi connectivity index (χ2n) is 12.7. The van der Waals surface area contributed by atoms with Crippen LogP contribution in [0.2, 0.25) is 0 Å². The van der Waals surface area contributed by atoms with Gasteiger partial charge in [0.2, 0.25) is 11.8 Å². The van der Waals surface area contributed by atoms with Crippen LogP contribution in [0.15, 0.2) is 53.5 Å². The van der Waals surface area contributed by atoms with Crippen molar-refractivity contribution in [2.75, 3.05) is 13.1 Å². The molecule has 2 aromatic carbocycles. The number of fused-ring (bicyclic) bond motifs is 1. The molecular formula is C35H49N5O3. The Morgan fingerprint density at radius 1 is 0.814 bits per heavy atom. The number of nitrogens with one attached hydrogen (secondary N) is 2. The van der Waals surface area contributed by atoms with Crippen LogP contribution < -0.4 is 21.1 Å². The summed E-state index contributed by atoms with van der Waals surface area (Å²) in [6.07, 6.45) is 14.5. The van der Waals surface area contributed by atoms with Crippen LogP contribution in [0.3, 0.4) is 0 Å². The Hall–Kier alpha value is -3.55. The van der Waals surface area contributed by atoms with E-state index in [1.165, 1.54) is 64.2 Å². The highest BCUT2D eigenvalue weighted by Crippen LogP contribution is 2.33. The Balaban J connectivity index is 1.21. The topological polar surface area (TPSA) is 109 Å². The zero-order valence-electron chi connectivity index (χ0n) is 25.6. The van der Waals surface area contributed by atoms with Crippen molar-refractivity contribution in [2.24, 2.45) is 22.6 Å². The second-order valence-corrected chi connectivity index (χ2v) is 12.7. The summed E-state index contributed by atoms with van der Waals surface area (Å²) in [5.74, 6) is 3.27. The summed E-state index contributed by atoms with van der Waals surface area (Å²) in [5.41, 5.74) is 8.36. The van der Waals surface area contributed by atoms with Crippen molar-refractivity contribution in [1.82, 2.24) is 15.5 Å². The lowest BCUT2D eigenvalue weighted by Crippen LogP contribution is -2.46. The van der Waals surface area contributed by atoms with Gasteiger partial charge in [0.05, 0.1) is 5.69 Å². The molecule has 1 aliphatic heterocycles. The summed E-state index contributed by atoms with van der Waals surface area (Å²) in [4.78, 5) is 32.6. The van der Waals surface area contributed by atoms with E-state index in [0.717, 1.165) is 35.8 Å². The largest absolute Gasteiger partial charge is 0.457 e. The molecule has 0 unspecified atom stereocenters. The van der Waals surface area contributed by atoms with Gasteiger partial charge >= 0.3 is 0 Å². The quantitative estimate of drug-likeness (QED) is 0.246. The molecule has 0 atom stereocenters. The van der Waals surface area contributed by atoms with Crippen molar-refractivity contribution in [2.45, 2.75) is 102 Å². The van der Waals surface area contributed by atoms with Crippen molar-refractivity contribution in [3.05, 3.63) is 54.1 Å². The first-order valence-electron chi connectivity index (χ1n) is 16.5. The number of hydrogen-bond donors (Lipinski definition) is 3. The number of carbonyl (C=O) groups is 2. The summed E-state index contributed by atoms with van der Waals surface area (Å²) in [6, 6.07) is 15.5. The Morgan fingerprint density at radius 3 is 1.98 bits per heavy atom. The molecule has 0 aromatic heterocycles. The van der Waals surface area contributed by atoms with Crippen LogP contribution >= 0.6 is 0 Å². The molecule has 0 spiro atoms. The highest BCUT2D eigenvalue weighted by Gasteiger charge is 2.27. The molecular weight excluding hydrogens is 538 g/mol. The van der Waals surface area contributed by atoms with E-state index in [1.807, 2.05) is 48.5 Å². The standard InChI is InChI=1S/C35H49N5O3/c36-35-39-32-19-18-31(43-30-14-8-3-9-15-30)22-28(32)25-40(35)29(16-20-33(41)37-23-26-10-4-1-5-11-26)17-21-34(42)38-24-27-12-6-2-7-13-27/h3,8-9,14-15,18-19,22,26-27,29H,1-2,4-7,10-13,16-17,20-21,23-25H2,(H2,36,39)(H,37,41)(H,38,42). The summed E-state index contributed by atoms with van der Waals surface area (Å²) < 4.78 is 6.07. The third kappa shape index (κ3) is 9.47. The molecule has 43 heavy (non-hydrogen) atoms. The van der Waals surface area contributed by atoms with E-state index in [0.29, 0.717) is 50.0 Å². The molecule has 2 amide bonds. The first-order chi connectivity index (χ1) is 21.0. The van der Waals surface area contributed by atoms with Gasteiger partial charge in [-0.1, -0.05) is 56.7 Å². The van der Waals surface area contributed by atoms with Crippen molar-refractivity contribution in [3.8, 4) is 11.5 Å². The lowest BCUT2D eigenvalue weighted by Gasteiger charge is -2.35. The fourth-order valence-electron chi connectivity index (χ4n) is 6.78. The monoisotopic (exact) mass is 587 g/mol. The molecule has 8 nitrogen and oxygen atoms in total. The average Bonchev–Trinajstić information content (AvgIpc) is 3.04. The van der Waals surface area contributed by atoms with Crippen LogP contribution in [-0.4, -0.2) is 41.8 Å². The Morgan fingerprint density at radius 2 is 1.40 bits per heavy atom. The smallest absolute Gasteiger partial charge is 0.220 e. The van der Waals surface area contributed by atoms with E-state index < -0.39 is 0 Å². The summed E-state index contributed by atoms with van der Waals surface area (Å²) >= 11 is 0. The van der Waals surface area contributed by atoms with Crippen molar-refractivity contribution in [3.63, 3.8) is 0 Å². The first kappa shape index (κ1) is 30.9. The molecule has 2 fully saturated rings. The number of aliphatic imine (C=N–C) groups is 1. The fraction of sp³-hybridized carbons (Fsp3) is 0.571. The molecule has 0 radical (unpaired) electrons. The van der Waals surface area contributed by atoms with Gasteiger partial charge < -0.3 is 26.0 Å². The van der Waals surface area contributed by atoms with Gasteiger partial charge in [-0.05, 0) is 80.7 Å². The van der Waals surface area contributed by atoms with Gasteiger partial charge in [-0.2, -0.15) is 0 Å². The number of para-hydroxylation sites is 1. The van der Waals surface area contributed by atoms with Crippen LogP contribution in [0.4, 0.5) is 5.69 Å². The highest BCUT2D eigenvalue weighted by atomic mass is 16.5. The van der Waals surface area contributed by atoms with E-state index in [4.69, 9.17) is 15.5 Å². The number of benzene rings is 2. The van der Waals surface area contributed by atoms with Crippen molar-refractivity contribution < 1.29 is 14.3 Å². The van der Waals surface area contributed by atoms with Crippen LogP contribution in [0, 0.1) is 11.8 Å². The van der Waals surface area contributed by atoms with Gasteiger partial charge in [-0.25, -0.2) is 4.99 Å². The zero-order valence-corrected chi connectivity index (χ0v) is 25.6. The molecule has 0 bridgehead atoms.